The molecule has 2 aliphatic carbocycles. The van der Waals surface area contributed by atoms with Gasteiger partial charge in [-0.05, 0) is 38.5 Å². The molecule has 2 saturated carbocycles. The van der Waals surface area contributed by atoms with Crippen LogP contribution in [0.4, 0.5) is 0 Å². The van der Waals surface area contributed by atoms with E-state index in [-0.39, 0.29) is 11.9 Å². The van der Waals surface area contributed by atoms with Crippen molar-refractivity contribution in [3.63, 3.8) is 0 Å². The Morgan fingerprint density at radius 2 is 1.39 bits per heavy atom. The van der Waals surface area contributed by atoms with Crippen LogP contribution in [0.15, 0.2) is 0 Å². The second kappa shape index (κ2) is 8.70. The molecule has 0 heterocycles. The Balaban J connectivity index is 1.77. The van der Waals surface area contributed by atoms with Gasteiger partial charge < -0.3 is 9.47 Å². The molecular weight excluding hydrogens is 292 g/mol. The Bertz CT molecular complexity index is 372. The molecule has 0 spiro atoms. The van der Waals surface area contributed by atoms with Gasteiger partial charge in [0.1, 0.15) is 0 Å². The molecule has 0 radical (unpaired) electrons. The van der Waals surface area contributed by atoms with Crippen molar-refractivity contribution in [2.24, 2.45) is 17.3 Å². The van der Waals surface area contributed by atoms with Gasteiger partial charge in [0.2, 0.25) is 0 Å². The maximum absolute atomic E-state index is 12.2. The van der Waals surface area contributed by atoms with E-state index in [9.17, 15) is 9.59 Å². The zero-order chi connectivity index (χ0) is 16.7. The average molecular weight is 324 g/mol. The second-order valence-electron chi connectivity index (χ2n) is 7.23. The molecule has 0 aliphatic heterocycles. The van der Waals surface area contributed by atoms with Gasteiger partial charge in [0.05, 0.1) is 13.2 Å². The van der Waals surface area contributed by atoms with Crippen molar-refractivity contribution >= 4 is 11.9 Å². The van der Waals surface area contributed by atoms with Crippen LogP contribution in [-0.4, -0.2) is 25.2 Å². The van der Waals surface area contributed by atoms with Crippen LogP contribution in [0.25, 0.3) is 0 Å². The predicted octanol–water partition coefficient (Wildman–Crippen LogP) is 4.26. The summed E-state index contributed by atoms with van der Waals surface area (Å²) in [5.41, 5.74) is -1.01. The maximum Gasteiger partial charge on any atom is 0.323 e. The first-order chi connectivity index (χ1) is 11.1. The molecule has 0 atom stereocenters. The molecule has 0 aromatic rings. The molecule has 4 heteroatoms. The maximum atomic E-state index is 12.2. The van der Waals surface area contributed by atoms with Crippen molar-refractivity contribution < 1.29 is 19.1 Å². The smallest absolute Gasteiger partial charge is 0.323 e. The van der Waals surface area contributed by atoms with Crippen LogP contribution in [0.2, 0.25) is 0 Å². The minimum absolute atomic E-state index is 0.312. The van der Waals surface area contributed by atoms with Gasteiger partial charge in [-0.25, -0.2) is 0 Å². The number of ether oxygens (including phenoxy) is 2. The predicted molar refractivity (Wildman–Crippen MR) is 88.8 cm³/mol. The van der Waals surface area contributed by atoms with E-state index < -0.39 is 5.41 Å². The van der Waals surface area contributed by atoms with Gasteiger partial charge in [-0.2, -0.15) is 0 Å². The first-order valence-electron chi connectivity index (χ1n) is 9.46. The zero-order valence-electron chi connectivity index (χ0n) is 14.8. The van der Waals surface area contributed by atoms with E-state index in [0.717, 1.165) is 12.3 Å². The van der Waals surface area contributed by atoms with Gasteiger partial charge >= 0.3 is 11.9 Å². The van der Waals surface area contributed by atoms with E-state index in [1.165, 1.54) is 44.9 Å². The average Bonchev–Trinajstić information content (AvgIpc) is 2.51. The summed E-state index contributed by atoms with van der Waals surface area (Å²) >= 11 is 0. The van der Waals surface area contributed by atoms with E-state index in [1.807, 2.05) is 0 Å². The first kappa shape index (κ1) is 18.3. The van der Waals surface area contributed by atoms with Crippen LogP contribution < -0.4 is 0 Å². The monoisotopic (exact) mass is 324 g/mol. The molecule has 0 amide bonds. The highest BCUT2D eigenvalue weighted by molar-refractivity contribution is 6.01. The lowest BCUT2D eigenvalue weighted by molar-refractivity contribution is -0.183. The summed E-state index contributed by atoms with van der Waals surface area (Å²) in [5, 5.41) is 0. The minimum Gasteiger partial charge on any atom is -0.465 e. The Morgan fingerprint density at radius 1 is 0.870 bits per heavy atom. The molecule has 2 aliphatic rings. The van der Waals surface area contributed by atoms with Crippen LogP contribution in [0.3, 0.4) is 0 Å². The third-order valence-corrected chi connectivity index (χ3v) is 5.56. The normalized spacial score (nSPS) is 21.5. The number of carbonyl (C=O) groups is 2. The summed E-state index contributed by atoms with van der Waals surface area (Å²) in [4.78, 5) is 24.4. The zero-order valence-corrected chi connectivity index (χ0v) is 14.8. The first-order valence-corrected chi connectivity index (χ1v) is 9.46. The summed E-state index contributed by atoms with van der Waals surface area (Å²) in [6.45, 7) is 4.17. The lowest BCUT2D eigenvalue weighted by Gasteiger charge is -2.43. The van der Waals surface area contributed by atoms with Crippen LogP contribution in [0.1, 0.15) is 78.1 Å². The van der Waals surface area contributed by atoms with Crippen molar-refractivity contribution in [3.05, 3.63) is 0 Å². The largest absolute Gasteiger partial charge is 0.465 e. The molecule has 0 saturated heterocycles. The van der Waals surface area contributed by atoms with Crippen molar-refractivity contribution in [1.29, 1.82) is 0 Å². The highest BCUT2D eigenvalue weighted by Crippen LogP contribution is 2.50. The SMILES string of the molecule is CCOC(=O)C1(C(=O)OCC)CC(CCCC2CCCCC2)C1. The lowest BCUT2D eigenvalue weighted by Crippen LogP contribution is -2.51. The van der Waals surface area contributed by atoms with Crippen molar-refractivity contribution in [2.75, 3.05) is 13.2 Å². The number of hydrogen-bond donors (Lipinski definition) is 0. The standard InChI is InChI=1S/C19H32O4/c1-3-22-17(20)19(18(21)23-4-2)13-16(14-19)12-8-11-15-9-6-5-7-10-15/h15-16H,3-14H2,1-2H3. The fourth-order valence-corrected chi connectivity index (χ4v) is 4.26. The second-order valence-corrected chi connectivity index (χ2v) is 7.23. The fourth-order valence-electron chi connectivity index (χ4n) is 4.26. The molecule has 4 nitrogen and oxygen atoms in total. The highest BCUT2D eigenvalue weighted by atomic mass is 16.6. The highest BCUT2D eigenvalue weighted by Gasteiger charge is 2.57. The van der Waals surface area contributed by atoms with E-state index in [1.54, 1.807) is 13.8 Å². The third-order valence-electron chi connectivity index (χ3n) is 5.56. The van der Waals surface area contributed by atoms with Gasteiger partial charge in [-0.3, -0.25) is 9.59 Å². The van der Waals surface area contributed by atoms with Crippen molar-refractivity contribution in [3.8, 4) is 0 Å². The molecule has 0 bridgehead atoms. The topological polar surface area (TPSA) is 52.6 Å². The Hall–Kier alpha value is -1.06. The third kappa shape index (κ3) is 4.48. The van der Waals surface area contributed by atoms with Gasteiger partial charge in [0.25, 0.3) is 0 Å². The quantitative estimate of drug-likeness (QED) is 0.494. The molecule has 2 fully saturated rings. The summed E-state index contributed by atoms with van der Waals surface area (Å²) < 4.78 is 10.2. The Labute approximate surface area is 140 Å². The molecule has 2 rings (SSSR count). The molecule has 0 N–H and O–H groups in total. The number of hydrogen-bond acceptors (Lipinski definition) is 4. The Morgan fingerprint density at radius 3 is 1.91 bits per heavy atom. The van der Waals surface area contributed by atoms with Crippen LogP contribution in [-0.2, 0) is 19.1 Å². The van der Waals surface area contributed by atoms with E-state index >= 15 is 0 Å². The van der Waals surface area contributed by atoms with Crippen molar-refractivity contribution in [2.45, 2.75) is 78.1 Å². The lowest BCUT2D eigenvalue weighted by atomic mass is 9.60. The number of carbonyl (C=O) groups excluding carboxylic acids is 2. The van der Waals surface area contributed by atoms with E-state index in [2.05, 4.69) is 0 Å². The summed E-state index contributed by atoms with van der Waals surface area (Å²) in [7, 11) is 0. The van der Waals surface area contributed by atoms with E-state index in [4.69, 9.17) is 9.47 Å². The van der Waals surface area contributed by atoms with Gasteiger partial charge in [-0.15, -0.1) is 0 Å². The van der Waals surface area contributed by atoms with Crippen LogP contribution >= 0.6 is 0 Å². The summed E-state index contributed by atoms with van der Waals surface area (Å²) in [6.07, 6.45) is 11.8. The molecular formula is C19H32O4. The minimum atomic E-state index is -1.01. The number of esters is 2. The molecule has 0 aromatic carbocycles. The van der Waals surface area contributed by atoms with Crippen LogP contribution in [0, 0.1) is 17.3 Å². The molecule has 132 valence electrons. The van der Waals surface area contributed by atoms with E-state index in [0.29, 0.717) is 32.0 Å². The van der Waals surface area contributed by atoms with Gasteiger partial charge in [0.15, 0.2) is 5.41 Å². The summed E-state index contributed by atoms with van der Waals surface area (Å²) in [5.74, 6) is 0.597. The molecule has 0 aromatic heterocycles. The number of rotatable bonds is 8. The van der Waals surface area contributed by atoms with Crippen molar-refractivity contribution in [1.82, 2.24) is 0 Å². The summed E-state index contributed by atoms with van der Waals surface area (Å²) in [6, 6.07) is 0. The van der Waals surface area contributed by atoms with Gasteiger partial charge in [-0.1, -0.05) is 51.4 Å². The van der Waals surface area contributed by atoms with Gasteiger partial charge in [0, 0.05) is 0 Å². The fraction of sp³-hybridized carbons (Fsp3) is 0.895. The Kier molecular flexibility index (Phi) is 6.91. The van der Waals surface area contributed by atoms with Crippen LogP contribution in [0.5, 0.6) is 0 Å². The molecule has 0 unspecified atom stereocenters. The molecule has 23 heavy (non-hydrogen) atoms.